The highest BCUT2D eigenvalue weighted by Crippen LogP contribution is 2.78. The van der Waals surface area contributed by atoms with Gasteiger partial charge < -0.3 is 15.5 Å². The Morgan fingerprint density at radius 1 is 1.23 bits per heavy atom. The number of aryl methyl sites for hydroxylation is 1. The normalized spacial score (nSPS) is 24.0. The van der Waals surface area contributed by atoms with E-state index in [2.05, 4.69) is 10.3 Å². The monoisotopic (exact) mass is 505 g/mol. The lowest BCUT2D eigenvalue weighted by atomic mass is 9.34. The first-order valence-corrected chi connectivity index (χ1v) is 11.5. The van der Waals surface area contributed by atoms with Crippen LogP contribution in [-0.4, -0.2) is 17.1 Å². The number of nitrogens with one attached hydrogen (secondary N) is 1. The summed E-state index contributed by atoms with van der Waals surface area (Å²) in [5.41, 5.74) is 5.19. The van der Waals surface area contributed by atoms with Gasteiger partial charge >= 0.3 is 6.18 Å². The molecule has 3 aliphatic rings. The van der Waals surface area contributed by atoms with Crippen molar-refractivity contribution in [1.82, 2.24) is 4.98 Å². The van der Waals surface area contributed by atoms with E-state index in [0.717, 1.165) is 5.56 Å². The first kappa shape index (κ1) is 23.7. The number of carbonyl (C=O) groups is 1. The van der Waals surface area contributed by atoms with E-state index < -0.39 is 29.0 Å². The number of hydrogen-bond donors (Lipinski definition) is 2. The number of primary amides is 1. The lowest BCUT2D eigenvalue weighted by Crippen LogP contribution is -2.70. The van der Waals surface area contributed by atoms with Gasteiger partial charge in [0.1, 0.15) is 16.5 Å². The first-order valence-electron chi connectivity index (χ1n) is 11.1. The van der Waals surface area contributed by atoms with Crippen molar-refractivity contribution in [3.05, 3.63) is 67.8 Å². The SMILES string of the molecule is Cc1cc([C@@H](C)Nc2ccc(Cl)nc2C(N)=O)c2oc(C34CC(C(F)(F)F)(C3)C4)c(C)c(=O)c2c1. The van der Waals surface area contributed by atoms with E-state index in [1.54, 1.807) is 19.1 Å². The van der Waals surface area contributed by atoms with Gasteiger partial charge in [0.05, 0.1) is 22.5 Å². The molecule has 0 unspecified atom stereocenters. The number of aromatic nitrogens is 1. The van der Waals surface area contributed by atoms with Gasteiger partial charge in [-0.1, -0.05) is 17.7 Å². The third-order valence-corrected chi connectivity index (χ3v) is 7.65. The Balaban J connectivity index is 1.59. The lowest BCUT2D eigenvalue weighted by molar-refractivity contribution is -0.340. The number of carbonyl (C=O) groups excluding carboxylic acids is 1. The molecule has 0 spiro atoms. The summed E-state index contributed by atoms with van der Waals surface area (Å²) >= 11 is 5.90. The predicted molar refractivity (Wildman–Crippen MR) is 126 cm³/mol. The van der Waals surface area contributed by atoms with Crippen LogP contribution in [0.15, 0.2) is 33.5 Å². The van der Waals surface area contributed by atoms with E-state index in [-0.39, 0.29) is 35.5 Å². The zero-order valence-electron chi connectivity index (χ0n) is 19.3. The standard InChI is InChI=1S/C25H23ClF3N3O3/c1-11-6-14(13(3)31-16-4-5-17(26)32-18(16)22(30)34)20-15(7-11)19(33)12(2)21(35-20)23-8-24(9-23,10-23)25(27,28)29/h4-7,13,31H,8-10H2,1-3H3,(H2,30,34)/t13-,23?,24?/m1/s1. The molecule has 2 heterocycles. The maximum Gasteiger partial charge on any atom is 0.394 e. The largest absolute Gasteiger partial charge is 0.460 e. The Morgan fingerprint density at radius 2 is 1.89 bits per heavy atom. The molecule has 2 aromatic heterocycles. The maximum absolute atomic E-state index is 13.4. The molecule has 10 heteroatoms. The van der Waals surface area contributed by atoms with Crippen LogP contribution in [0, 0.1) is 19.3 Å². The molecular formula is C25H23ClF3N3O3. The topological polar surface area (TPSA) is 98.2 Å². The van der Waals surface area contributed by atoms with E-state index in [0.29, 0.717) is 33.5 Å². The second kappa shape index (κ2) is 7.46. The molecule has 3 fully saturated rings. The van der Waals surface area contributed by atoms with Crippen LogP contribution in [0.1, 0.15) is 65.2 Å². The van der Waals surface area contributed by atoms with Gasteiger partial charge in [-0.3, -0.25) is 9.59 Å². The highest BCUT2D eigenvalue weighted by molar-refractivity contribution is 6.29. The van der Waals surface area contributed by atoms with Gasteiger partial charge in [-0.05, 0) is 63.8 Å². The van der Waals surface area contributed by atoms with Crippen LogP contribution in [0.2, 0.25) is 5.15 Å². The number of fused-ring (bicyclic) bond motifs is 1. The Morgan fingerprint density at radius 3 is 2.49 bits per heavy atom. The van der Waals surface area contributed by atoms with Gasteiger partial charge in [0, 0.05) is 16.5 Å². The van der Waals surface area contributed by atoms with Gasteiger partial charge in [-0.25, -0.2) is 4.98 Å². The summed E-state index contributed by atoms with van der Waals surface area (Å²) in [7, 11) is 0. The zero-order valence-corrected chi connectivity index (χ0v) is 20.0. The van der Waals surface area contributed by atoms with Crippen molar-refractivity contribution in [3.63, 3.8) is 0 Å². The maximum atomic E-state index is 13.4. The van der Waals surface area contributed by atoms with Crippen molar-refractivity contribution in [2.75, 3.05) is 5.32 Å². The molecule has 2 bridgehead atoms. The zero-order chi connectivity index (χ0) is 25.5. The Labute approximate surface area is 203 Å². The molecule has 3 N–H and O–H groups in total. The summed E-state index contributed by atoms with van der Waals surface area (Å²) in [6.45, 7) is 5.27. The van der Waals surface area contributed by atoms with Crippen LogP contribution in [0.5, 0.6) is 0 Å². The minimum atomic E-state index is -4.26. The van der Waals surface area contributed by atoms with Crippen LogP contribution in [-0.2, 0) is 5.41 Å². The number of nitrogens with two attached hydrogens (primary N) is 1. The van der Waals surface area contributed by atoms with Crippen LogP contribution in [0.3, 0.4) is 0 Å². The Bertz CT molecular complexity index is 1440. The summed E-state index contributed by atoms with van der Waals surface area (Å²) in [6.07, 6.45) is -4.45. The second-order valence-corrected chi connectivity index (χ2v) is 10.4. The number of pyridine rings is 1. The molecule has 6 rings (SSSR count). The smallest absolute Gasteiger partial charge is 0.394 e. The van der Waals surface area contributed by atoms with E-state index in [1.165, 1.54) is 6.07 Å². The van der Waals surface area contributed by atoms with E-state index in [9.17, 15) is 22.8 Å². The average Bonchev–Trinajstić information content (AvgIpc) is 2.69. The summed E-state index contributed by atoms with van der Waals surface area (Å²) in [5.74, 6) is -0.424. The molecule has 1 aromatic carbocycles. The van der Waals surface area contributed by atoms with Crippen molar-refractivity contribution < 1.29 is 22.4 Å². The molecule has 0 aliphatic heterocycles. The van der Waals surface area contributed by atoms with Crippen LogP contribution in [0.4, 0.5) is 18.9 Å². The van der Waals surface area contributed by atoms with Gasteiger partial charge in [-0.2, -0.15) is 13.2 Å². The van der Waals surface area contributed by atoms with Crippen molar-refractivity contribution >= 4 is 34.2 Å². The number of benzene rings is 1. The Kier molecular flexibility index (Phi) is 5.05. The number of halogens is 4. The summed E-state index contributed by atoms with van der Waals surface area (Å²) in [5, 5.41) is 3.65. The second-order valence-electron chi connectivity index (χ2n) is 9.97. The third-order valence-electron chi connectivity index (χ3n) is 7.44. The van der Waals surface area contributed by atoms with Crippen LogP contribution < -0.4 is 16.5 Å². The summed E-state index contributed by atoms with van der Waals surface area (Å²) in [6, 6.07) is 6.18. The summed E-state index contributed by atoms with van der Waals surface area (Å²) in [4.78, 5) is 29.1. The van der Waals surface area contributed by atoms with Crippen molar-refractivity contribution in [1.29, 1.82) is 0 Å². The number of rotatable bonds is 5. The molecule has 3 saturated carbocycles. The fourth-order valence-electron chi connectivity index (χ4n) is 5.78. The quantitative estimate of drug-likeness (QED) is 0.432. The number of nitrogens with zero attached hydrogens (tertiary/aromatic N) is 1. The molecule has 1 amide bonds. The van der Waals surface area contributed by atoms with E-state index in [4.69, 9.17) is 21.8 Å². The molecule has 35 heavy (non-hydrogen) atoms. The third kappa shape index (κ3) is 3.43. The van der Waals surface area contributed by atoms with Crippen molar-refractivity contribution in [3.8, 4) is 0 Å². The first-order chi connectivity index (χ1) is 16.3. The fourth-order valence-corrected chi connectivity index (χ4v) is 5.92. The molecule has 6 nitrogen and oxygen atoms in total. The molecule has 3 aliphatic carbocycles. The Hall–Kier alpha value is -3.07. The molecule has 184 valence electrons. The lowest BCUT2D eigenvalue weighted by Gasteiger charge is -2.69. The summed E-state index contributed by atoms with van der Waals surface area (Å²) < 4.78 is 46.6. The molecular weight excluding hydrogens is 483 g/mol. The molecule has 1 atom stereocenters. The fraction of sp³-hybridized carbons (Fsp3) is 0.400. The number of anilines is 1. The molecule has 0 radical (unpaired) electrons. The highest BCUT2D eigenvalue weighted by atomic mass is 35.5. The van der Waals surface area contributed by atoms with E-state index in [1.807, 2.05) is 19.9 Å². The van der Waals surface area contributed by atoms with Gasteiger partial charge in [-0.15, -0.1) is 0 Å². The number of amides is 1. The van der Waals surface area contributed by atoms with Crippen molar-refractivity contribution in [2.45, 2.75) is 57.7 Å². The number of alkyl halides is 3. The van der Waals surface area contributed by atoms with Crippen LogP contribution in [0.25, 0.3) is 11.0 Å². The predicted octanol–water partition coefficient (Wildman–Crippen LogP) is 5.71. The minimum absolute atomic E-state index is 0.0365. The van der Waals surface area contributed by atoms with Gasteiger partial charge in [0.2, 0.25) is 0 Å². The number of hydrogen-bond acceptors (Lipinski definition) is 5. The van der Waals surface area contributed by atoms with Gasteiger partial charge in [0.25, 0.3) is 5.91 Å². The van der Waals surface area contributed by atoms with Gasteiger partial charge in [0.15, 0.2) is 11.1 Å². The minimum Gasteiger partial charge on any atom is -0.460 e. The molecule has 0 saturated heterocycles. The van der Waals surface area contributed by atoms with Crippen molar-refractivity contribution in [2.24, 2.45) is 11.1 Å². The average molecular weight is 506 g/mol. The molecule has 3 aromatic rings. The van der Waals surface area contributed by atoms with Crippen LogP contribution >= 0.6 is 11.6 Å². The van der Waals surface area contributed by atoms with E-state index >= 15 is 0 Å². The highest BCUT2D eigenvalue weighted by Gasteiger charge is 2.80.